The molecule has 92 valence electrons. The number of hydrogen-bond acceptors (Lipinski definition) is 3. The van der Waals surface area contributed by atoms with Crippen molar-refractivity contribution in [2.24, 2.45) is 5.92 Å². The van der Waals surface area contributed by atoms with Crippen LogP contribution in [0.3, 0.4) is 0 Å². The van der Waals surface area contributed by atoms with E-state index >= 15 is 0 Å². The van der Waals surface area contributed by atoms with Gasteiger partial charge in [-0.2, -0.15) is 0 Å². The summed E-state index contributed by atoms with van der Waals surface area (Å²) >= 11 is 5.19. The van der Waals surface area contributed by atoms with Gasteiger partial charge in [0.25, 0.3) is 0 Å². The summed E-state index contributed by atoms with van der Waals surface area (Å²) in [6, 6.07) is 6.69. The molecule has 2 rings (SSSR count). The van der Waals surface area contributed by atoms with Gasteiger partial charge < -0.3 is 5.32 Å². The molecule has 1 N–H and O–H groups in total. The maximum atomic E-state index is 4.60. The molecule has 0 amide bonds. The number of nitrogens with zero attached hydrogens (tertiary/aromatic N) is 1. The van der Waals surface area contributed by atoms with Crippen LogP contribution in [0.15, 0.2) is 22.7 Å². The summed E-state index contributed by atoms with van der Waals surface area (Å²) < 4.78 is 2.31. The van der Waals surface area contributed by atoms with Gasteiger partial charge in [0.05, 0.1) is 10.2 Å². The molecule has 0 saturated heterocycles. The molecule has 1 aromatic carbocycles. The third kappa shape index (κ3) is 3.42. The van der Waals surface area contributed by atoms with E-state index in [1.807, 2.05) is 0 Å². The molecule has 0 aliphatic heterocycles. The van der Waals surface area contributed by atoms with Crippen LogP contribution in [0.1, 0.15) is 27.2 Å². The molecule has 1 aromatic heterocycles. The number of halogens is 1. The highest BCUT2D eigenvalue weighted by Crippen LogP contribution is 2.28. The number of thiazole rings is 1. The van der Waals surface area contributed by atoms with Crippen molar-refractivity contribution in [3.8, 4) is 0 Å². The van der Waals surface area contributed by atoms with Gasteiger partial charge in [0.15, 0.2) is 5.13 Å². The van der Waals surface area contributed by atoms with Gasteiger partial charge in [-0.25, -0.2) is 4.98 Å². The highest BCUT2D eigenvalue weighted by Gasteiger charge is 2.08. The minimum absolute atomic E-state index is 0.471. The zero-order valence-corrected chi connectivity index (χ0v) is 12.7. The Kier molecular flexibility index (Phi) is 4.05. The first-order valence-electron chi connectivity index (χ1n) is 5.87. The molecule has 1 atom stereocenters. The predicted octanol–water partition coefficient (Wildman–Crippen LogP) is 4.91. The van der Waals surface area contributed by atoms with Crippen LogP contribution in [0.2, 0.25) is 0 Å². The van der Waals surface area contributed by atoms with Crippen LogP contribution in [-0.4, -0.2) is 11.0 Å². The van der Waals surface area contributed by atoms with Gasteiger partial charge in [-0.1, -0.05) is 41.1 Å². The van der Waals surface area contributed by atoms with Crippen molar-refractivity contribution in [2.45, 2.75) is 33.2 Å². The van der Waals surface area contributed by atoms with Crippen molar-refractivity contribution in [3.63, 3.8) is 0 Å². The Morgan fingerprint density at radius 2 is 2.12 bits per heavy atom. The smallest absolute Gasteiger partial charge is 0.183 e. The maximum absolute atomic E-state index is 4.60. The van der Waals surface area contributed by atoms with Gasteiger partial charge in [0.2, 0.25) is 0 Å². The molecule has 0 saturated carbocycles. The number of nitrogens with one attached hydrogen (secondary N) is 1. The fourth-order valence-corrected chi connectivity index (χ4v) is 3.25. The van der Waals surface area contributed by atoms with Crippen molar-refractivity contribution in [2.75, 3.05) is 5.32 Å². The van der Waals surface area contributed by atoms with E-state index in [9.17, 15) is 0 Å². The van der Waals surface area contributed by atoms with Gasteiger partial charge >= 0.3 is 0 Å². The topological polar surface area (TPSA) is 24.9 Å². The van der Waals surface area contributed by atoms with Gasteiger partial charge in [0, 0.05) is 10.5 Å². The molecule has 1 unspecified atom stereocenters. The van der Waals surface area contributed by atoms with Crippen molar-refractivity contribution < 1.29 is 0 Å². The SMILES string of the molecule is CC(C)CC(C)Nc1nc2cc(Br)ccc2s1. The monoisotopic (exact) mass is 312 g/mol. The molecule has 2 nitrogen and oxygen atoms in total. The molecule has 1 heterocycles. The minimum atomic E-state index is 0.471. The van der Waals surface area contributed by atoms with Crippen LogP contribution in [0.4, 0.5) is 5.13 Å². The summed E-state index contributed by atoms with van der Waals surface area (Å²) in [5.74, 6) is 0.709. The first-order valence-corrected chi connectivity index (χ1v) is 7.48. The number of rotatable bonds is 4. The quantitative estimate of drug-likeness (QED) is 0.868. The lowest BCUT2D eigenvalue weighted by atomic mass is 10.1. The highest BCUT2D eigenvalue weighted by molar-refractivity contribution is 9.10. The number of benzene rings is 1. The number of fused-ring (bicyclic) bond motifs is 1. The number of anilines is 1. The fourth-order valence-electron chi connectivity index (χ4n) is 1.94. The minimum Gasteiger partial charge on any atom is -0.359 e. The normalized spacial score (nSPS) is 13.2. The van der Waals surface area contributed by atoms with E-state index in [0.29, 0.717) is 12.0 Å². The van der Waals surface area contributed by atoms with Crippen LogP contribution in [0, 0.1) is 5.92 Å². The van der Waals surface area contributed by atoms with Gasteiger partial charge in [0.1, 0.15) is 0 Å². The molecule has 0 spiro atoms. The Labute approximate surface area is 115 Å². The first-order chi connectivity index (χ1) is 8.04. The molecule has 0 aliphatic rings. The maximum Gasteiger partial charge on any atom is 0.183 e. The zero-order valence-electron chi connectivity index (χ0n) is 10.3. The molecule has 0 aliphatic carbocycles. The zero-order chi connectivity index (χ0) is 12.4. The lowest BCUT2D eigenvalue weighted by Crippen LogP contribution is -2.17. The summed E-state index contributed by atoms with van der Waals surface area (Å²) in [6.45, 7) is 6.70. The van der Waals surface area contributed by atoms with Crippen LogP contribution in [0.25, 0.3) is 10.2 Å². The number of hydrogen-bond donors (Lipinski definition) is 1. The largest absolute Gasteiger partial charge is 0.359 e. The lowest BCUT2D eigenvalue weighted by molar-refractivity contribution is 0.539. The summed E-state index contributed by atoms with van der Waals surface area (Å²) in [5.41, 5.74) is 1.06. The molecule has 4 heteroatoms. The van der Waals surface area contributed by atoms with Crippen molar-refractivity contribution >= 4 is 42.6 Å². The molecule has 0 bridgehead atoms. The van der Waals surface area contributed by atoms with Crippen LogP contribution in [-0.2, 0) is 0 Å². The van der Waals surface area contributed by atoms with Crippen molar-refractivity contribution in [1.29, 1.82) is 0 Å². The third-order valence-electron chi connectivity index (χ3n) is 2.54. The average Bonchev–Trinajstić information content (AvgIpc) is 2.57. The third-order valence-corrected chi connectivity index (χ3v) is 4.01. The second-order valence-electron chi connectivity index (χ2n) is 4.81. The average molecular weight is 313 g/mol. The Morgan fingerprint density at radius 3 is 2.82 bits per heavy atom. The van der Waals surface area contributed by atoms with E-state index in [0.717, 1.165) is 15.1 Å². The molecule has 0 radical (unpaired) electrons. The van der Waals surface area contributed by atoms with Gasteiger partial charge in [-0.05, 0) is 37.5 Å². The first kappa shape index (κ1) is 12.8. The van der Waals surface area contributed by atoms with Crippen molar-refractivity contribution in [3.05, 3.63) is 22.7 Å². The Hall–Kier alpha value is -0.610. The van der Waals surface area contributed by atoms with Gasteiger partial charge in [-0.3, -0.25) is 0 Å². The molecule has 2 aromatic rings. The van der Waals surface area contributed by atoms with Gasteiger partial charge in [-0.15, -0.1) is 0 Å². The number of aromatic nitrogens is 1. The Morgan fingerprint density at radius 1 is 1.35 bits per heavy atom. The molecular formula is C13H17BrN2S. The van der Waals surface area contributed by atoms with E-state index in [4.69, 9.17) is 0 Å². The molecule has 0 fully saturated rings. The lowest BCUT2D eigenvalue weighted by Gasteiger charge is -2.14. The summed E-state index contributed by atoms with van der Waals surface area (Å²) in [4.78, 5) is 4.60. The Balaban J connectivity index is 2.14. The Bertz CT molecular complexity index is 507. The summed E-state index contributed by atoms with van der Waals surface area (Å²) in [5, 5.41) is 4.49. The molecular weight excluding hydrogens is 296 g/mol. The van der Waals surface area contributed by atoms with E-state index < -0.39 is 0 Å². The van der Waals surface area contributed by atoms with E-state index in [1.54, 1.807) is 11.3 Å². The summed E-state index contributed by atoms with van der Waals surface area (Å²) in [7, 11) is 0. The summed E-state index contributed by atoms with van der Waals surface area (Å²) in [6.07, 6.45) is 1.17. The van der Waals surface area contributed by atoms with E-state index in [-0.39, 0.29) is 0 Å². The van der Waals surface area contributed by atoms with Crippen molar-refractivity contribution in [1.82, 2.24) is 4.98 Å². The van der Waals surface area contributed by atoms with E-state index in [1.165, 1.54) is 11.1 Å². The second-order valence-corrected chi connectivity index (χ2v) is 6.75. The standard InChI is InChI=1S/C13H17BrN2S/c1-8(2)6-9(3)15-13-16-11-7-10(14)4-5-12(11)17-13/h4-5,7-9H,6H2,1-3H3,(H,15,16). The van der Waals surface area contributed by atoms with Crippen LogP contribution in [0.5, 0.6) is 0 Å². The highest BCUT2D eigenvalue weighted by atomic mass is 79.9. The van der Waals surface area contributed by atoms with E-state index in [2.05, 4.69) is 65.2 Å². The fraction of sp³-hybridized carbons (Fsp3) is 0.462. The molecule has 17 heavy (non-hydrogen) atoms. The van der Waals surface area contributed by atoms with Crippen LogP contribution < -0.4 is 5.32 Å². The van der Waals surface area contributed by atoms with Crippen LogP contribution >= 0.6 is 27.3 Å². The second kappa shape index (κ2) is 5.36. The predicted molar refractivity (Wildman–Crippen MR) is 79.9 cm³/mol.